The van der Waals surface area contributed by atoms with Gasteiger partial charge in [0.05, 0.1) is 6.42 Å². The number of aromatic nitrogens is 1. The molecule has 0 aliphatic heterocycles. The standard InChI is InChI=1S/C19H21N3O2/c1-19(2,3)18-22-15-11-14(8-9-16(15)24-18)21-17(23)10-12-4-6-13(20)7-5-12/h4-9,11H,10,20H2,1-3H3,(H,21,23). The number of carbonyl (C=O) groups is 1. The maximum Gasteiger partial charge on any atom is 0.228 e. The van der Waals surface area contributed by atoms with Crippen LogP contribution in [0.5, 0.6) is 0 Å². The number of fused-ring (bicyclic) bond motifs is 1. The van der Waals surface area contributed by atoms with E-state index in [2.05, 4.69) is 10.3 Å². The molecule has 1 heterocycles. The molecule has 0 aliphatic carbocycles. The lowest BCUT2D eigenvalue weighted by Gasteiger charge is -2.11. The molecule has 1 amide bonds. The van der Waals surface area contributed by atoms with E-state index in [9.17, 15) is 4.79 Å². The van der Waals surface area contributed by atoms with Crippen molar-refractivity contribution in [2.45, 2.75) is 32.6 Å². The fraction of sp³-hybridized carbons (Fsp3) is 0.263. The number of anilines is 2. The lowest BCUT2D eigenvalue weighted by molar-refractivity contribution is -0.115. The van der Waals surface area contributed by atoms with Gasteiger partial charge in [0, 0.05) is 16.8 Å². The molecule has 2 aromatic carbocycles. The molecule has 0 saturated heterocycles. The summed E-state index contributed by atoms with van der Waals surface area (Å²) in [5.74, 6) is 0.599. The third-order valence-electron chi connectivity index (χ3n) is 3.66. The average molecular weight is 323 g/mol. The van der Waals surface area contributed by atoms with Crippen LogP contribution >= 0.6 is 0 Å². The highest BCUT2D eigenvalue weighted by atomic mass is 16.3. The fourth-order valence-electron chi connectivity index (χ4n) is 2.35. The molecule has 3 aromatic rings. The Morgan fingerprint density at radius 3 is 2.54 bits per heavy atom. The SMILES string of the molecule is CC(C)(C)c1nc2cc(NC(=O)Cc3ccc(N)cc3)ccc2o1. The molecule has 5 heteroatoms. The molecule has 0 unspecified atom stereocenters. The second-order valence-corrected chi connectivity index (χ2v) is 6.92. The lowest BCUT2D eigenvalue weighted by atomic mass is 9.97. The first-order valence-electron chi connectivity index (χ1n) is 7.86. The lowest BCUT2D eigenvalue weighted by Crippen LogP contribution is -2.14. The van der Waals surface area contributed by atoms with Crippen molar-refractivity contribution in [3.05, 3.63) is 53.9 Å². The van der Waals surface area contributed by atoms with Gasteiger partial charge >= 0.3 is 0 Å². The van der Waals surface area contributed by atoms with Crippen molar-refractivity contribution in [3.63, 3.8) is 0 Å². The second kappa shape index (κ2) is 6.00. The Bertz CT molecular complexity index is 874. The number of hydrogen-bond acceptors (Lipinski definition) is 4. The van der Waals surface area contributed by atoms with Crippen LogP contribution in [-0.4, -0.2) is 10.9 Å². The molecule has 0 atom stereocenters. The summed E-state index contributed by atoms with van der Waals surface area (Å²) < 4.78 is 5.76. The average Bonchev–Trinajstić information content (AvgIpc) is 2.93. The first-order chi connectivity index (χ1) is 11.3. The van der Waals surface area contributed by atoms with Gasteiger partial charge in [0.1, 0.15) is 5.52 Å². The van der Waals surface area contributed by atoms with Gasteiger partial charge in [-0.05, 0) is 35.9 Å². The highest BCUT2D eigenvalue weighted by Gasteiger charge is 2.21. The number of nitrogens with one attached hydrogen (secondary N) is 1. The molecular formula is C19H21N3O2. The number of nitrogens with zero attached hydrogens (tertiary/aromatic N) is 1. The van der Waals surface area contributed by atoms with Gasteiger partial charge in [0.2, 0.25) is 11.8 Å². The van der Waals surface area contributed by atoms with E-state index in [1.165, 1.54) is 0 Å². The zero-order valence-electron chi connectivity index (χ0n) is 14.1. The first kappa shape index (κ1) is 16.1. The monoisotopic (exact) mass is 323 g/mol. The van der Waals surface area contributed by atoms with Gasteiger partial charge in [0.25, 0.3) is 0 Å². The maximum absolute atomic E-state index is 12.2. The quantitative estimate of drug-likeness (QED) is 0.717. The Morgan fingerprint density at radius 2 is 1.88 bits per heavy atom. The number of carbonyl (C=O) groups excluding carboxylic acids is 1. The van der Waals surface area contributed by atoms with Gasteiger partial charge in [0.15, 0.2) is 5.58 Å². The Balaban J connectivity index is 1.74. The second-order valence-electron chi connectivity index (χ2n) is 6.92. The Kier molecular flexibility index (Phi) is 4.01. The Labute approximate surface area is 140 Å². The van der Waals surface area contributed by atoms with E-state index < -0.39 is 0 Å². The number of rotatable bonds is 3. The summed E-state index contributed by atoms with van der Waals surface area (Å²) in [5, 5.41) is 2.89. The minimum atomic E-state index is -0.155. The predicted octanol–water partition coefficient (Wildman–Crippen LogP) is 3.89. The largest absolute Gasteiger partial charge is 0.440 e. The summed E-state index contributed by atoms with van der Waals surface area (Å²) in [6, 6.07) is 12.8. The number of oxazole rings is 1. The predicted molar refractivity (Wildman–Crippen MR) is 95.9 cm³/mol. The van der Waals surface area contributed by atoms with Crippen molar-refractivity contribution in [1.82, 2.24) is 4.98 Å². The highest BCUT2D eigenvalue weighted by Crippen LogP contribution is 2.27. The van der Waals surface area contributed by atoms with E-state index in [0.717, 1.165) is 16.7 Å². The molecular weight excluding hydrogens is 302 g/mol. The van der Waals surface area contributed by atoms with Crippen LogP contribution < -0.4 is 11.1 Å². The van der Waals surface area contributed by atoms with E-state index in [1.54, 1.807) is 12.1 Å². The molecule has 0 radical (unpaired) electrons. The molecule has 3 N–H and O–H groups in total. The third kappa shape index (κ3) is 3.56. The molecule has 1 aromatic heterocycles. The molecule has 3 rings (SSSR count). The first-order valence-corrected chi connectivity index (χ1v) is 7.86. The number of benzene rings is 2. The van der Waals surface area contributed by atoms with Crippen LogP contribution in [-0.2, 0) is 16.6 Å². The third-order valence-corrected chi connectivity index (χ3v) is 3.66. The van der Waals surface area contributed by atoms with Gasteiger partial charge in [-0.1, -0.05) is 32.9 Å². The van der Waals surface area contributed by atoms with Crippen LogP contribution in [0.3, 0.4) is 0 Å². The molecule has 24 heavy (non-hydrogen) atoms. The van der Waals surface area contributed by atoms with Gasteiger partial charge < -0.3 is 15.5 Å². The molecule has 0 aliphatic rings. The molecule has 5 nitrogen and oxygen atoms in total. The summed E-state index contributed by atoms with van der Waals surface area (Å²) in [4.78, 5) is 16.7. The van der Waals surface area contributed by atoms with Crippen molar-refractivity contribution in [3.8, 4) is 0 Å². The molecule has 0 fully saturated rings. The van der Waals surface area contributed by atoms with Crippen molar-refractivity contribution < 1.29 is 9.21 Å². The summed E-state index contributed by atoms with van der Waals surface area (Å²) in [6.45, 7) is 6.15. The van der Waals surface area contributed by atoms with Crippen LogP contribution in [0.2, 0.25) is 0 Å². The molecule has 124 valence electrons. The fourth-order valence-corrected chi connectivity index (χ4v) is 2.35. The van der Waals surface area contributed by atoms with Crippen LogP contribution in [0, 0.1) is 0 Å². The van der Waals surface area contributed by atoms with Crippen LogP contribution in [0.15, 0.2) is 46.9 Å². The van der Waals surface area contributed by atoms with E-state index in [0.29, 0.717) is 23.7 Å². The topological polar surface area (TPSA) is 81.2 Å². The minimum absolute atomic E-state index is 0.0846. The molecule has 0 saturated carbocycles. The van der Waals surface area contributed by atoms with E-state index in [-0.39, 0.29) is 11.3 Å². The zero-order valence-corrected chi connectivity index (χ0v) is 14.1. The molecule has 0 spiro atoms. The van der Waals surface area contributed by atoms with E-state index in [4.69, 9.17) is 10.2 Å². The van der Waals surface area contributed by atoms with Crippen molar-refractivity contribution in [1.29, 1.82) is 0 Å². The van der Waals surface area contributed by atoms with Gasteiger partial charge in [-0.25, -0.2) is 4.98 Å². The zero-order chi connectivity index (χ0) is 17.3. The summed E-state index contributed by atoms with van der Waals surface area (Å²) >= 11 is 0. The van der Waals surface area contributed by atoms with E-state index in [1.807, 2.05) is 51.1 Å². The van der Waals surface area contributed by atoms with Gasteiger partial charge in [-0.3, -0.25) is 4.79 Å². The number of hydrogen-bond donors (Lipinski definition) is 2. The smallest absolute Gasteiger partial charge is 0.228 e. The minimum Gasteiger partial charge on any atom is -0.440 e. The Hall–Kier alpha value is -2.82. The summed E-state index contributed by atoms with van der Waals surface area (Å²) in [5.41, 5.74) is 9.26. The number of amides is 1. The van der Waals surface area contributed by atoms with Crippen LogP contribution in [0.4, 0.5) is 11.4 Å². The normalized spacial score (nSPS) is 11.6. The number of nitrogen functional groups attached to an aromatic ring is 1. The van der Waals surface area contributed by atoms with Crippen LogP contribution in [0.25, 0.3) is 11.1 Å². The van der Waals surface area contributed by atoms with E-state index >= 15 is 0 Å². The maximum atomic E-state index is 12.2. The molecule has 0 bridgehead atoms. The van der Waals surface area contributed by atoms with Crippen molar-refractivity contribution >= 4 is 28.4 Å². The van der Waals surface area contributed by atoms with Crippen molar-refractivity contribution in [2.75, 3.05) is 11.1 Å². The van der Waals surface area contributed by atoms with Crippen molar-refractivity contribution in [2.24, 2.45) is 0 Å². The summed E-state index contributed by atoms with van der Waals surface area (Å²) in [7, 11) is 0. The van der Waals surface area contributed by atoms with Gasteiger partial charge in [-0.15, -0.1) is 0 Å². The highest BCUT2D eigenvalue weighted by molar-refractivity contribution is 5.94. The van der Waals surface area contributed by atoms with Crippen LogP contribution in [0.1, 0.15) is 32.2 Å². The summed E-state index contributed by atoms with van der Waals surface area (Å²) in [6.07, 6.45) is 0.296. The van der Waals surface area contributed by atoms with Gasteiger partial charge in [-0.2, -0.15) is 0 Å². The number of nitrogens with two attached hydrogens (primary N) is 1. The Morgan fingerprint density at radius 1 is 1.17 bits per heavy atom.